The molecule has 6 rings (SSSR count). The summed E-state index contributed by atoms with van der Waals surface area (Å²) in [6, 6.07) is 10.3. The number of hydrogen-bond donors (Lipinski definition) is 0. The van der Waals surface area contributed by atoms with Crippen LogP contribution in [-0.4, -0.2) is 17.7 Å². The van der Waals surface area contributed by atoms with Gasteiger partial charge in [0.25, 0.3) is 0 Å². The molecular formula is C37H15BF20N2O. The van der Waals surface area contributed by atoms with E-state index in [1.54, 1.807) is 12.4 Å². The molecule has 0 spiro atoms. The van der Waals surface area contributed by atoms with Gasteiger partial charge in [-0.3, -0.25) is 0 Å². The monoisotopic (exact) mass is 894 g/mol. The van der Waals surface area contributed by atoms with Crippen molar-refractivity contribution < 1.29 is 97.1 Å². The highest BCUT2D eigenvalue weighted by Gasteiger charge is 2.52. The molecule has 0 radical (unpaired) electrons. The fourth-order valence-electron chi connectivity index (χ4n) is 6.43. The van der Waals surface area contributed by atoms with Gasteiger partial charge in [0.1, 0.15) is 58.9 Å². The molecule has 0 aliphatic rings. The SMILES string of the molecule is CCOc1cncc[n+]1Cc1ccccc1.Fc1c(F)c(F)c([B-](c2c(F)c(F)c(F)c(F)c2F)(c2c(F)c(F)c(F)c(F)c2F)c2c(F)c(F)c(F)c(F)c2F)c(F)c1F. The average Bonchev–Trinajstić information content (AvgIpc) is 3.25. The van der Waals surface area contributed by atoms with Crippen LogP contribution in [0.2, 0.25) is 0 Å². The van der Waals surface area contributed by atoms with Crippen molar-refractivity contribution >= 4 is 28.0 Å². The highest BCUT2D eigenvalue weighted by atomic mass is 19.2. The van der Waals surface area contributed by atoms with Gasteiger partial charge in [-0.15, -0.1) is 21.9 Å². The quantitative estimate of drug-likeness (QED) is 0.0517. The normalized spacial score (nSPS) is 11.5. The minimum absolute atomic E-state index is 0.653. The minimum Gasteiger partial charge on any atom is -0.444 e. The Morgan fingerprint density at radius 1 is 0.426 bits per heavy atom. The lowest BCUT2D eigenvalue weighted by molar-refractivity contribution is -0.694. The van der Waals surface area contributed by atoms with Crippen LogP contribution in [0.3, 0.4) is 0 Å². The molecule has 0 unspecified atom stereocenters. The molecule has 24 heteroatoms. The summed E-state index contributed by atoms with van der Waals surface area (Å²) < 4.78 is 302. The summed E-state index contributed by atoms with van der Waals surface area (Å²) in [4.78, 5) is 4.06. The Hall–Kier alpha value is -6.36. The zero-order chi connectivity index (χ0) is 45.6. The van der Waals surface area contributed by atoms with E-state index in [1.807, 2.05) is 35.9 Å². The topological polar surface area (TPSA) is 26.0 Å². The lowest BCUT2D eigenvalue weighted by Crippen LogP contribution is -2.81. The van der Waals surface area contributed by atoms with Gasteiger partial charge in [-0.05, 0) is 6.92 Å². The van der Waals surface area contributed by atoms with Crippen LogP contribution in [0.5, 0.6) is 5.88 Å². The molecule has 5 aromatic carbocycles. The van der Waals surface area contributed by atoms with E-state index in [9.17, 15) is 52.7 Å². The van der Waals surface area contributed by atoms with Crippen LogP contribution in [-0.2, 0) is 6.54 Å². The van der Waals surface area contributed by atoms with Gasteiger partial charge in [0.05, 0.1) is 12.8 Å². The number of nitrogens with zero attached hydrogens (tertiary/aromatic N) is 2. The average molecular weight is 894 g/mol. The number of ether oxygens (including phenoxy) is 1. The van der Waals surface area contributed by atoms with E-state index in [-0.39, 0.29) is 0 Å². The highest BCUT2D eigenvalue weighted by molar-refractivity contribution is 7.20. The third kappa shape index (κ3) is 7.34. The predicted molar refractivity (Wildman–Crippen MR) is 170 cm³/mol. The smallest absolute Gasteiger partial charge is 0.387 e. The summed E-state index contributed by atoms with van der Waals surface area (Å²) in [6.45, 7) is 3.43. The standard InChI is InChI=1S/C24BF20.C13H15N2O/c26-5-1(6(27)14(35)21(42)13(5)34)25(2-7(28)15(36)22(43)16(37)8(2)29,3-9(30)17(38)23(44)18(39)10(3)31)4-11(32)19(40)24(45)20(41)12(4)33;1-2-16-13-10-14-8-9-15(13)11-12-6-4-3-5-7-12/h;3-10H,2,11H2,1H3/q-1;+1. The van der Waals surface area contributed by atoms with Crippen molar-refractivity contribution in [2.75, 3.05) is 6.61 Å². The minimum atomic E-state index is -7.22. The van der Waals surface area contributed by atoms with Crippen molar-refractivity contribution in [1.82, 2.24) is 4.98 Å². The van der Waals surface area contributed by atoms with Crippen molar-refractivity contribution in [2.24, 2.45) is 0 Å². The molecule has 0 aliphatic carbocycles. The second-order valence-electron chi connectivity index (χ2n) is 12.3. The third-order valence-electron chi connectivity index (χ3n) is 9.00. The van der Waals surface area contributed by atoms with E-state index >= 15 is 35.1 Å². The highest BCUT2D eigenvalue weighted by Crippen LogP contribution is 2.30. The van der Waals surface area contributed by atoms with Crippen molar-refractivity contribution in [2.45, 2.75) is 13.5 Å². The van der Waals surface area contributed by atoms with Crippen LogP contribution in [0.15, 0.2) is 48.9 Å². The van der Waals surface area contributed by atoms with E-state index < -0.39 is 144 Å². The van der Waals surface area contributed by atoms with Crippen LogP contribution in [0.25, 0.3) is 0 Å². The van der Waals surface area contributed by atoms with Crippen molar-refractivity contribution in [1.29, 1.82) is 0 Å². The first-order chi connectivity index (χ1) is 28.6. The van der Waals surface area contributed by atoms with Gasteiger partial charge >= 0.3 is 5.88 Å². The lowest BCUT2D eigenvalue weighted by Gasteiger charge is -2.44. The molecule has 1 aromatic heterocycles. The van der Waals surface area contributed by atoms with Gasteiger partial charge in [0.2, 0.25) is 0 Å². The Morgan fingerprint density at radius 2 is 0.705 bits per heavy atom. The van der Waals surface area contributed by atoms with Gasteiger partial charge in [0, 0.05) is 5.56 Å². The molecule has 322 valence electrons. The Morgan fingerprint density at radius 3 is 0.984 bits per heavy atom. The van der Waals surface area contributed by atoms with Crippen molar-refractivity contribution in [3.8, 4) is 5.88 Å². The van der Waals surface area contributed by atoms with Gasteiger partial charge in [-0.1, -0.05) is 30.3 Å². The van der Waals surface area contributed by atoms with Crippen LogP contribution >= 0.6 is 0 Å². The molecule has 3 nitrogen and oxygen atoms in total. The molecule has 0 bridgehead atoms. The zero-order valence-corrected chi connectivity index (χ0v) is 29.5. The van der Waals surface area contributed by atoms with Crippen molar-refractivity contribution in [3.63, 3.8) is 0 Å². The number of aromatic nitrogens is 2. The zero-order valence-electron chi connectivity index (χ0n) is 29.5. The van der Waals surface area contributed by atoms with E-state index in [0.717, 1.165) is 12.4 Å². The molecule has 0 atom stereocenters. The number of benzene rings is 5. The summed E-state index contributed by atoms with van der Waals surface area (Å²) in [5.41, 5.74) is -13.1. The molecule has 0 fully saturated rings. The molecule has 1 heterocycles. The fraction of sp³-hybridized carbons (Fsp3) is 0.0811. The summed E-state index contributed by atoms with van der Waals surface area (Å²) in [7, 11) is 0. The summed E-state index contributed by atoms with van der Waals surface area (Å²) in [5.74, 6) is -70.6. The van der Waals surface area contributed by atoms with Gasteiger partial charge in [0.15, 0.2) is 82.5 Å². The first-order valence-corrected chi connectivity index (χ1v) is 16.3. The Kier molecular flexibility index (Phi) is 13.0. The maximum absolute atomic E-state index is 15.4. The van der Waals surface area contributed by atoms with Crippen molar-refractivity contribution in [3.05, 3.63) is 171 Å². The van der Waals surface area contributed by atoms with Crippen LogP contribution in [0, 0.1) is 116 Å². The van der Waals surface area contributed by atoms with Crippen LogP contribution in [0.4, 0.5) is 87.8 Å². The molecule has 6 aromatic rings. The van der Waals surface area contributed by atoms with Gasteiger partial charge in [-0.25, -0.2) is 92.8 Å². The Balaban J connectivity index is 0.000000366. The maximum atomic E-state index is 15.4. The first kappa shape index (κ1) is 45.7. The van der Waals surface area contributed by atoms with Crippen LogP contribution < -0.4 is 31.2 Å². The third-order valence-corrected chi connectivity index (χ3v) is 9.00. The number of hydrogen-bond acceptors (Lipinski definition) is 2. The van der Waals surface area contributed by atoms with Crippen LogP contribution in [0.1, 0.15) is 12.5 Å². The Labute approximate surface area is 327 Å². The second kappa shape index (κ2) is 17.3. The molecule has 0 aliphatic heterocycles. The molecule has 0 amide bonds. The van der Waals surface area contributed by atoms with E-state index in [0.29, 0.717) is 6.61 Å². The molecule has 61 heavy (non-hydrogen) atoms. The summed E-state index contributed by atoms with van der Waals surface area (Å²) in [6.07, 6.45) is -1.78. The molecule has 0 saturated heterocycles. The number of rotatable bonds is 8. The van der Waals surface area contributed by atoms with E-state index in [2.05, 4.69) is 17.1 Å². The summed E-state index contributed by atoms with van der Waals surface area (Å²) in [5, 5.41) is 0. The molecule has 0 saturated carbocycles. The van der Waals surface area contributed by atoms with Gasteiger partial charge < -0.3 is 4.74 Å². The number of halogens is 20. The van der Waals surface area contributed by atoms with Gasteiger partial charge in [-0.2, -0.15) is 4.57 Å². The first-order valence-electron chi connectivity index (χ1n) is 16.3. The summed E-state index contributed by atoms with van der Waals surface area (Å²) >= 11 is 0. The maximum Gasteiger partial charge on any atom is 0.387 e. The molecular weight excluding hydrogens is 879 g/mol. The Bertz CT molecular complexity index is 2320. The van der Waals surface area contributed by atoms with E-state index in [1.165, 1.54) is 5.56 Å². The molecule has 0 N–H and O–H groups in total. The largest absolute Gasteiger partial charge is 0.444 e. The predicted octanol–water partition coefficient (Wildman–Crippen LogP) is 7.66. The second-order valence-corrected chi connectivity index (χ2v) is 12.3. The van der Waals surface area contributed by atoms with E-state index in [4.69, 9.17) is 4.74 Å². The fourth-order valence-corrected chi connectivity index (χ4v) is 6.43. The lowest BCUT2D eigenvalue weighted by atomic mass is 9.12.